The number of hydrogen-bond donors (Lipinski definition) is 0. The Bertz CT molecular complexity index is 1080. The van der Waals surface area contributed by atoms with E-state index in [9.17, 15) is 13.7 Å². The number of ether oxygens (including phenoxy) is 1. The van der Waals surface area contributed by atoms with Crippen LogP contribution in [0.15, 0.2) is 36.4 Å². The van der Waals surface area contributed by atoms with Crippen LogP contribution in [0.1, 0.15) is 22.4 Å². The van der Waals surface area contributed by atoms with Crippen LogP contribution < -0.4 is 4.90 Å². The van der Waals surface area contributed by atoms with Crippen LogP contribution in [0.25, 0.3) is 0 Å². The van der Waals surface area contributed by atoms with Crippen molar-refractivity contribution >= 4 is 15.8 Å². The Morgan fingerprint density at radius 3 is 2.57 bits per heavy atom. The lowest BCUT2D eigenvalue weighted by Crippen LogP contribution is -2.34. The van der Waals surface area contributed by atoms with Gasteiger partial charge in [-0.2, -0.15) is 5.26 Å². The van der Waals surface area contributed by atoms with Gasteiger partial charge in [0.2, 0.25) is 10.0 Å². The standard InChI is InChI=1S/C22H24N4O3S/c23-9-17-8-18-14-29-7-6-21(18)24-22(17)25-10-19-12-26(13-20(19)11-25)30(27,28)15-16-4-2-1-3-5-16/h1-5,8,19-20H,6-7,10-15H2. The molecular weight excluding hydrogens is 400 g/mol. The summed E-state index contributed by atoms with van der Waals surface area (Å²) in [6.07, 6.45) is 0.764. The summed E-state index contributed by atoms with van der Waals surface area (Å²) in [6.45, 7) is 3.72. The highest BCUT2D eigenvalue weighted by molar-refractivity contribution is 7.88. The predicted octanol–water partition coefficient (Wildman–Crippen LogP) is 1.92. The number of hydrogen-bond acceptors (Lipinski definition) is 6. The third-order valence-corrected chi connectivity index (χ3v) is 8.15. The van der Waals surface area contributed by atoms with Gasteiger partial charge in [-0.25, -0.2) is 17.7 Å². The predicted molar refractivity (Wildman–Crippen MR) is 112 cm³/mol. The van der Waals surface area contributed by atoms with E-state index in [-0.39, 0.29) is 17.6 Å². The molecule has 2 atom stereocenters. The second-order valence-corrected chi connectivity index (χ2v) is 10.3. The van der Waals surface area contributed by atoms with E-state index in [0.29, 0.717) is 31.9 Å². The second kappa shape index (κ2) is 7.65. The van der Waals surface area contributed by atoms with Crippen molar-refractivity contribution in [2.24, 2.45) is 11.8 Å². The zero-order valence-corrected chi connectivity index (χ0v) is 17.5. The molecule has 156 valence electrons. The summed E-state index contributed by atoms with van der Waals surface area (Å²) in [5.74, 6) is 1.32. The average Bonchev–Trinajstić information content (AvgIpc) is 3.33. The fourth-order valence-corrected chi connectivity index (χ4v) is 6.46. The number of nitriles is 1. The SMILES string of the molecule is N#Cc1cc2c(nc1N1CC3CN(S(=O)(=O)Cc4ccccc4)CC3C1)CCOC2. The van der Waals surface area contributed by atoms with Crippen molar-refractivity contribution < 1.29 is 13.2 Å². The highest BCUT2D eigenvalue weighted by atomic mass is 32.2. The van der Waals surface area contributed by atoms with Crippen LogP contribution in [0.4, 0.5) is 5.82 Å². The molecule has 8 heteroatoms. The van der Waals surface area contributed by atoms with Gasteiger partial charge in [0, 0.05) is 38.2 Å². The molecule has 0 radical (unpaired) electrons. The van der Waals surface area contributed by atoms with Gasteiger partial charge in [-0.1, -0.05) is 30.3 Å². The third-order valence-electron chi connectivity index (χ3n) is 6.37. The number of benzene rings is 1. The maximum Gasteiger partial charge on any atom is 0.218 e. The van der Waals surface area contributed by atoms with E-state index in [1.54, 1.807) is 4.31 Å². The fraction of sp³-hybridized carbons (Fsp3) is 0.455. The molecule has 0 saturated carbocycles. The van der Waals surface area contributed by atoms with E-state index in [4.69, 9.17) is 9.72 Å². The lowest BCUT2D eigenvalue weighted by molar-refractivity contribution is 0.109. The number of fused-ring (bicyclic) bond motifs is 2. The van der Waals surface area contributed by atoms with Crippen molar-refractivity contribution in [3.63, 3.8) is 0 Å². The Kier molecular flexibility index (Phi) is 4.97. The first-order valence-electron chi connectivity index (χ1n) is 10.3. The van der Waals surface area contributed by atoms with Crippen molar-refractivity contribution in [3.8, 4) is 6.07 Å². The van der Waals surface area contributed by atoms with Gasteiger partial charge in [0.1, 0.15) is 11.9 Å². The maximum atomic E-state index is 12.9. The Labute approximate surface area is 176 Å². The van der Waals surface area contributed by atoms with Crippen molar-refractivity contribution in [1.29, 1.82) is 5.26 Å². The lowest BCUT2D eigenvalue weighted by Gasteiger charge is -2.25. The Morgan fingerprint density at radius 2 is 1.87 bits per heavy atom. The van der Waals surface area contributed by atoms with Gasteiger partial charge in [0.15, 0.2) is 0 Å². The molecular formula is C22H24N4O3S. The number of rotatable bonds is 4. The molecule has 2 saturated heterocycles. The van der Waals surface area contributed by atoms with Gasteiger partial charge in [-0.3, -0.25) is 0 Å². The van der Waals surface area contributed by atoms with Crippen LogP contribution in [-0.4, -0.2) is 50.5 Å². The zero-order chi connectivity index (χ0) is 20.7. The maximum absolute atomic E-state index is 12.9. The molecule has 30 heavy (non-hydrogen) atoms. The van der Waals surface area contributed by atoms with Gasteiger partial charge in [0.25, 0.3) is 0 Å². The van der Waals surface area contributed by atoms with Gasteiger partial charge >= 0.3 is 0 Å². The molecule has 4 heterocycles. The average molecular weight is 425 g/mol. The van der Waals surface area contributed by atoms with Crippen molar-refractivity contribution in [2.45, 2.75) is 18.8 Å². The van der Waals surface area contributed by atoms with E-state index < -0.39 is 10.0 Å². The summed E-state index contributed by atoms with van der Waals surface area (Å²) in [5.41, 5.74) is 3.41. The second-order valence-electron chi connectivity index (χ2n) is 8.36. The highest BCUT2D eigenvalue weighted by Crippen LogP contribution is 2.36. The topological polar surface area (TPSA) is 86.5 Å². The molecule has 7 nitrogen and oxygen atoms in total. The number of pyridine rings is 1. The number of anilines is 1. The molecule has 2 fully saturated rings. The van der Waals surface area contributed by atoms with Gasteiger partial charge in [-0.05, 0) is 23.5 Å². The first-order valence-corrected chi connectivity index (χ1v) is 11.9. The Balaban J connectivity index is 1.30. The molecule has 0 amide bonds. The van der Waals surface area contributed by atoms with Crippen LogP contribution >= 0.6 is 0 Å². The molecule has 3 aliphatic heterocycles. The van der Waals surface area contributed by atoms with Crippen LogP contribution in [0.2, 0.25) is 0 Å². The number of nitrogens with zero attached hydrogens (tertiary/aromatic N) is 4. The monoisotopic (exact) mass is 424 g/mol. The van der Waals surface area contributed by atoms with E-state index >= 15 is 0 Å². The molecule has 0 bridgehead atoms. The van der Waals surface area contributed by atoms with Crippen molar-refractivity contribution in [1.82, 2.24) is 9.29 Å². The minimum atomic E-state index is -3.33. The van der Waals surface area contributed by atoms with Crippen molar-refractivity contribution in [3.05, 3.63) is 58.8 Å². The molecule has 3 aliphatic rings. The number of sulfonamides is 1. The van der Waals surface area contributed by atoms with Crippen LogP contribution in [0.3, 0.4) is 0 Å². The minimum Gasteiger partial charge on any atom is -0.376 e. The van der Waals surface area contributed by atoms with E-state index in [1.807, 2.05) is 36.4 Å². The minimum absolute atomic E-state index is 0.0457. The lowest BCUT2D eigenvalue weighted by atomic mass is 10.0. The Hall–Kier alpha value is -2.47. The highest BCUT2D eigenvalue weighted by Gasteiger charge is 2.44. The molecule has 5 rings (SSSR count). The third kappa shape index (κ3) is 3.58. The van der Waals surface area contributed by atoms with Crippen molar-refractivity contribution in [2.75, 3.05) is 37.7 Å². The molecule has 2 unspecified atom stereocenters. The van der Waals surface area contributed by atoms with E-state index in [2.05, 4.69) is 11.0 Å². The van der Waals surface area contributed by atoms with Crippen LogP contribution in [0.5, 0.6) is 0 Å². The molecule has 0 N–H and O–H groups in total. The summed E-state index contributed by atoms with van der Waals surface area (Å²) in [6, 6.07) is 13.5. The first kappa shape index (κ1) is 19.5. The van der Waals surface area contributed by atoms with Crippen LogP contribution in [-0.2, 0) is 33.5 Å². The van der Waals surface area contributed by atoms with Gasteiger partial charge in [0.05, 0.1) is 30.2 Å². The molecule has 1 aromatic carbocycles. The molecule has 1 aromatic heterocycles. The normalized spacial score (nSPS) is 23.8. The Morgan fingerprint density at radius 1 is 1.13 bits per heavy atom. The van der Waals surface area contributed by atoms with Gasteiger partial charge < -0.3 is 9.64 Å². The van der Waals surface area contributed by atoms with E-state index in [1.165, 1.54) is 0 Å². The first-order chi connectivity index (χ1) is 14.5. The molecule has 0 aliphatic carbocycles. The molecule has 2 aromatic rings. The van der Waals surface area contributed by atoms with Crippen LogP contribution in [0, 0.1) is 23.2 Å². The fourth-order valence-electron chi connectivity index (χ4n) is 4.82. The summed E-state index contributed by atoms with van der Waals surface area (Å²) >= 11 is 0. The summed E-state index contributed by atoms with van der Waals surface area (Å²) in [5, 5.41) is 9.63. The summed E-state index contributed by atoms with van der Waals surface area (Å²) in [4.78, 5) is 6.98. The smallest absolute Gasteiger partial charge is 0.218 e. The summed E-state index contributed by atoms with van der Waals surface area (Å²) < 4.78 is 32.9. The molecule has 0 spiro atoms. The quantitative estimate of drug-likeness (QED) is 0.745. The number of aromatic nitrogens is 1. The van der Waals surface area contributed by atoms with Gasteiger partial charge in [-0.15, -0.1) is 0 Å². The largest absolute Gasteiger partial charge is 0.376 e. The van der Waals surface area contributed by atoms with E-state index in [0.717, 1.165) is 42.1 Å². The summed E-state index contributed by atoms with van der Waals surface area (Å²) in [7, 11) is -3.33. The zero-order valence-electron chi connectivity index (χ0n) is 16.7.